The Kier molecular flexibility index (Phi) is 36.1. The summed E-state index contributed by atoms with van der Waals surface area (Å²) in [6, 6.07) is 0. The predicted molar refractivity (Wildman–Crippen MR) is 249 cm³/mol. The number of aliphatic hydroxyl groups excluding tert-OH is 5. The van der Waals surface area contributed by atoms with E-state index in [4.69, 9.17) is 18.5 Å². The van der Waals surface area contributed by atoms with Gasteiger partial charge in [0.2, 0.25) is 0 Å². The first-order valence-corrected chi connectivity index (χ1v) is 25.6. The second-order valence-corrected chi connectivity index (χ2v) is 18.0. The lowest BCUT2D eigenvalue weighted by molar-refractivity contribution is -0.220. The molecule has 0 bridgehead atoms. The number of carbonyl (C=O) groups excluding carboxylic acids is 2. The van der Waals surface area contributed by atoms with Crippen molar-refractivity contribution in [3.05, 3.63) is 60.8 Å². The van der Waals surface area contributed by atoms with Crippen LogP contribution < -0.4 is 0 Å². The van der Waals surface area contributed by atoms with E-state index in [0.29, 0.717) is 12.8 Å². The number of hydrogen-bond acceptors (Lipinski definition) is 12. The summed E-state index contributed by atoms with van der Waals surface area (Å²) in [5, 5.41) is 50.2. The molecule has 0 radical (unpaired) electrons. The first-order valence-electron chi connectivity index (χ1n) is 24.1. The number of aliphatic hydroxyl groups is 5. The molecular formula is C49H85O13P. The van der Waals surface area contributed by atoms with Crippen LogP contribution in [0.25, 0.3) is 0 Å². The number of phosphoric ester groups is 1. The zero-order chi connectivity index (χ0) is 46.4. The van der Waals surface area contributed by atoms with Crippen LogP contribution in [-0.4, -0.2) is 98.3 Å². The molecule has 0 amide bonds. The third kappa shape index (κ3) is 31.2. The number of unbranched alkanes of at least 4 members (excludes halogenated alkanes) is 17. The number of esters is 2. The maximum Gasteiger partial charge on any atom is 0.472 e. The molecule has 63 heavy (non-hydrogen) atoms. The molecule has 0 saturated heterocycles. The summed E-state index contributed by atoms with van der Waals surface area (Å²) >= 11 is 0. The molecule has 6 N–H and O–H groups in total. The number of rotatable bonds is 39. The zero-order valence-corrected chi connectivity index (χ0v) is 39.5. The van der Waals surface area contributed by atoms with Gasteiger partial charge >= 0.3 is 19.8 Å². The summed E-state index contributed by atoms with van der Waals surface area (Å²) in [6.45, 7) is 3.22. The van der Waals surface area contributed by atoms with E-state index >= 15 is 0 Å². The van der Waals surface area contributed by atoms with Gasteiger partial charge in [-0.25, -0.2) is 4.57 Å². The van der Waals surface area contributed by atoms with Crippen molar-refractivity contribution in [2.45, 2.75) is 224 Å². The number of phosphoric acid groups is 1. The lowest BCUT2D eigenvalue weighted by atomic mass is 9.85. The average molecular weight is 913 g/mol. The maximum atomic E-state index is 12.8. The molecule has 1 aliphatic carbocycles. The van der Waals surface area contributed by atoms with E-state index in [1.807, 2.05) is 0 Å². The van der Waals surface area contributed by atoms with Crippen molar-refractivity contribution < 1.29 is 63.1 Å². The van der Waals surface area contributed by atoms with Crippen LogP contribution in [0.3, 0.4) is 0 Å². The molecule has 13 nitrogen and oxygen atoms in total. The van der Waals surface area contributed by atoms with Gasteiger partial charge in [0.25, 0.3) is 0 Å². The van der Waals surface area contributed by atoms with Crippen molar-refractivity contribution in [2.24, 2.45) is 0 Å². The minimum Gasteiger partial charge on any atom is -0.462 e. The Balaban J connectivity index is 2.46. The van der Waals surface area contributed by atoms with Gasteiger partial charge in [-0.2, -0.15) is 0 Å². The molecule has 1 rings (SSSR count). The Morgan fingerprint density at radius 3 is 1.30 bits per heavy atom. The van der Waals surface area contributed by atoms with E-state index in [0.717, 1.165) is 103 Å². The summed E-state index contributed by atoms with van der Waals surface area (Å²) in [4.78, 5) is 35.7. The van der Waals surface area contributed by atoms with Crippen LogP contribution in [0.2, 0.25) is 0 Å². The predicted octanol–water partition coefficient (Wildman–Crippen LogP) is 9.73. The minimum atomic E-state index is -5.13. The van der Waals surface area contributed by atoms with Crippen LogP contribution in [0.4, 0.5) is 0 Å². The van der Waals surface area contributed by atoms with Gasteiger partial charge in [0, 0.05) is 12.8 Å². The SMILES string of the molecule is CCCCC/C=C\C/C=C\C/C=C\CCCCCCCCC(=O)OC(COC(=O)CCCCCCC/C=C\C/C=C\CCCCC)COP(=O)(O)OC1C(O)C(O)C(O)C(O)C1O. The molecular weight excluding hydrogens is 828 g/mol. The molecule has 6 atom stereocenters. The Morgan fingerprint density at radius 1 is 0.492 bits per heavy atom. The highest BCUT2D eigenvalue weighted by Gasteiger charge is 2.51. The molecule has 0 heterocycles. The van der Waals surface area contributed by atoms with Crippen molar-refractivity contribution in [1.82, 2.24) is 0 Å². The fourth-order valence-corrected chi connectivity index (χ4v) is 7.88. The topological polar surface area (TPSA) is 210 Å². The molecule has 0 spiro atoms. The Labute approximate surface area is 379 Å². The van der Waals surface area contributed by atoms with Crippen molar-refractivity contribution in [3.63, 3.8) is 0 Å². The third-order valence-corrected chi connectivity index (χ3v) is 11.8. The monoisotopic (exact) mass is 913 g/mol. The van der Waals surface area contributed by atoms with Gasteiger partial charge in [-0.1, -0.05) is 145 Å². The standard InChI is InChI=1S/C49H85O13P/c1-3-5-7-9-11-13-15-17-19-20-21-22-24-26-28-30-32-34-36-38-43(51)61-41(40-60-63(57,58)62-49-47(55)45(53)44(52)46(54)48(49)56)39-59-42(50)37-35-33-31-29-27-25-23-18-16-14-12-10-8-6-4-2/h11-14,17-19,21-23,41,44-49,52-56H,3-10,15-16,20,24-40H2,1-2H3,(H,57,58)/b13-11-,14-12-,19-17-,22-21-,23-18-. The summed E-state index contributed by atoms with van der Waals surface area (Å²) in [7, 11) is -5.13. The van der Waals surface area contributed by atoms with Gasteiger partial charge in [-0.3, -0.25) is 18.6 Å². The second-order valence-electron chi connectivity index (χ2n) is 16.6. The van der Waals surface area contributed by atoms with Gasteiger partial charge in [0.1, 0.15) is 43.2 Å². The van der Waals surface area contributed by atoms with Gasteiger partial charge in [0.15, 0.2) is 6.10 Å². The van der Waals surface area contributed by atoms with E-state index in [1.54, 1.807) is 0 Å². The van der Waals surface area contributed by atoms with E-state index in [1.165, 1.54) is 38.5 Å². The quantitative estimate of drug-likeness (QED) is 0.0147. The Bertz CT molecular complexity index is 1330. The van der Waals surface area contributed by atoms with E-state index in [9.17, 15) is 44.6 Å². The second kappa shape index (κ2) is 38.8. The van der Waals surface area contributed by atoms with Crippen LogP contribution in [0, 0.1) is 0 Å². The van der Waals surface area contributed by atoms with Crippen LogP contribution in [0.5, 0.6) is 0 Å². The maximum absolute atomic E-state index is 12.8. The van der Waals surface area contributed by atoms with E-state index in [-0.39, 0.29) is 12.8 Å². The van der Waals surface area contributed by atoms with Gasteiger partial charge in [-0.15, -0.1) is 0 Å². The van der Waals surface area contributed by atoms with Crippen LogP contribution in [0.15, 0.2) is 60.8 Å². The number of hydrogen-bond donors (Lipinski definition) is 6. The number of ether oxygens (including phenoxy) is 2. The van der Waals surface area contributed by atoms with Crippen molar-refractivity contribution in [3.8, 4) is 0 Å². The summed E-state index contributed by atoms with van der Waals surface area (Å²) in [6.07, 6.45) is 34.0. The normalized spacial score (nSPS) is 22.2. The van der Waals surface area contributed by atoms with Crippen LogP contribution in [-0.2, 0) is 32.7 Å². The number of carbonyl (C=O) groups is 2. The molecule has 1 saturated carbocycles. The summed E-state index contributed by atoms with van der Waals surface area (Å²) in [5.41, 5.74) is 0. The average Bonchev–Trinajstić information content (AvgIpc) is 3.26. The fraction of sp³-hybridized carbons (Fsp3) is 0.755. The molecule has 1 fully saturated rings. The Hall–Kier alpha value is -2.45. The Morgan fingerprint density at radius 2 is 0.857 bits per heavy atom. The summed E-state index contributed by atoms with van der Waals surface area (Å²) < 4.78 is 33.5. The van der Waals surface area contributed by atoms with Crippen molar-refractivity contribution in [2.75, 3.05) is 13.2 Å². The minimum absolute atomic E-state index is 0.0766. The fourth-order valence-electron chi connectivity index (χ4n) is 6.91. The molecule has 0 aromatic heterocycles. The van der Waals surface area contributed by atoms with Crippen LogP contribution >= 0.6 is 7.82 Å². The smallest absolute Gasteiger partial charge is 0.462 e. The highest BCUT2D eigenvalue weighted by atomic mass is 31.2. The zero-order valence-electron chi connectivity index (χ0n) is 38.6. The first kappa shape index (κ1) is 58.6. The van der Waals surface area contributed by atoms with Crippen LogP contribution in [0.1, 0.15) is 181 Å². The number of allylic oxidation sites excluding steroid dienone is 10. The molecule has 0 aliphatic heterocycles. The van der Waals surface area contributed by atoms with E-state index in [2.05, 4.69) is 74.6 Å². The molecule has 1 aliphatic rings. The molecule has 0 aromatic carbocycles. The van der Waals surface area contributed by atoms with Gasteiger partial charge < -0.3 is 39.9 Å². The molecule has 6 unspecified atom stereocenters. The van der Waals surface area contributed by atoms with Gasteiger partial charge in [0.05, 0.1) is 6.61 Å². The molecule has 0 aromatic rings. The molecule has 364 valence electrons. The van der Waals surface area contributed by atoms with Crippen molar-refractivity contribution >= 4 is 19.8 Å². The van der Waals surface area contributed by atoms with Crippen molar-refractivity contribution in [1.29, 1.82) is 0 Å². The lowest BCUT2D eigenvalue weighted by Gasteiger charge is -2.41. The highest BCUT2D eigenvalue weighted by molar-refractivity contribution is 7.47. The largest absolute Gasteiger partial charge is 0.472 e. The van der Waals surface area contributed by atoms with Gasteiger partial charge in [-0.05, 0) is 83.5 Å². The third-order valence-electron chi connectivity index (χ3n) is 10.8. The summed E-state index contributed by atoms with van der Waals surface area (Å²) in [5.74, 6) is -1.13. The van der Waals surface area contributed by atoms with E-state index < -0.39 is 75.7 Å². The first-order chi connectivity index (χ1) is 30.4. The molecule has 14 heteroatoms. The lowest BCUT2D eigenvalue weighted by Crippen LogP contribution is -2.64. The highest BCUT2D eigenvalue weighted by Crippen LogP contribution is 2.47.